The second-order valence-corrected chi connectivity index (χ2v) is 15.6. The molecule has 0 saturated heterocycles. The van der Waals surface area contributed by atoms with Crippen LogP contribution in [0.2, 0.25) is 0 Å². The molecule has 0 N–H and O–H groups in total. The topological polar surface area (TPSA) is 74.3 Å². The molecule has 7 heteroatoms. The van der Waals surface area contributed by atoms with Gasteiger partial charge < -0.3 is 23.8 Å². The lowest BCUT2D eigenvalue weighted by Crippen LogP contribution is -2.19. The van der Waals surface area contributed by atoms with Gasteiger partial charge in [-0.05, 0) is 145 Å². The van der Waals surface area contributed by atoms with Gasteiger partial charge in [0.1, 0.15) is 23.0 Å². The summed E-state index contributed by atoms with van der Waals surface area (Å²) in [6.07, 6.45) is 1.64. The van der Waals surface area contributed by atoms with E-state index in [9.17, 15) is 9.59 Å². The van der Waals surface area contributed by atoms with E-state index in [1.165, 1.54) is 11.1 Å². The molecule has 0 heterocycles. The standard InChI is InChI=1S/C55H51NO6/c1-7-53(57)60-49-33-19-43(20-34-49)55(5,6)44-21-35-51(36-22-44)62-54(58)61-50-31-17-42(18-32-50)52(41-15-29-48(30-16-41)59-8-2)37-40-13-27-47(28-14-40)56(45-23-9-38(3)10-24-45)46-25-11-39(4)12-26-46/h9-37H,7-8H2,1-6H3/b52-37+. The summed E-state index contributed by atoms with van der Waals surface area (Å²) in [6.45, 7) is 12.7. The molecule has 7 nitrogen and oxygen atoms in total. The third-order valence-corrected chi connectivity index (χ3v) is 10.8. The van der Waals surface area contributed by atoms with Crippen LogP contribution in [0.15, 0.2) is 170 Å². The first kappa shape index (κ1) is 42.7. The van der Waals surface area contributed by atoms with Crippen LogP contribution < -0.4 is 23.8 Å². The molecule has 62 heavy (non-hydrogen) atoms. The lowest BCUT2D eigenvalue weighted by atomic mass is 9.78. The van der Waals surface area contributed by atoms with Crippen molar-refractivity contribution in [2.75, 3.05) is 11.5 Å². The summed E-state index contributed by atoms with van der Waals surface area (Å²) in [4.78, 5) is 26.9. The Hall–Kier alpha value is -7.38. The van der Waals surface area contributed by atoms with Gasteiger partial charge in [0.2, 0.25) is 0 Å². The number of aryl methyl sites for hydroxylation is 2. The van der Waals surface area contributed by atoms with E-state index in [4.69, 9.17) is 18.9 Å². The van der Waals surface area contributed by atoms with Gasteiger partial charge in [-0.3, -0.25) is 4.79 Å². The number of carbonyl (C=O) groups is 2. The molecule has 0 spiro atoms. The lowest BCUT2D eigenvalue weighted by Gasteiger charge is -2.26. The van der Waals surface area contributed by atoms with Crippen LogP contribution in [-0.4, -0.2) is 18.7 Å². The predicted molar refractivity (Wildman–Crippen MR) is 249 cm³/mol. The highest BCUT2D eigenvalue weighted by molar-refractivity contribution is 5.92. The smallest absolute Gasteiger partial charge is 0.494 e. The molecule has 7 aromatic carbocycles. The minimum Gasteiger partial charge on any atom is -0.494 e. The van der Waals surface area contributed by atoms with Crippen LogP contribution >= 0.6 is 0 Å². The van der Waals surface area contributed by atoms with E-state index in [0.717, 1.165) is 56.2 Å². The molecular formula is C55H51NO6. The van der Waals surface area contributed by atoms with Gasteiger partial charge in [-0.2, -0.15) is 0 Å². The number of anilines is 3. The van der Waals surface area contributed by atoms with E-state index < -0.39 is 6.16 Å². The Bertz CT molecular complexity index is 2570. The van der Waals surface area contributed by atoms with Crippen molar-refractivity contribution in [1.29, 1.82) is 0 Å². The molecular weight excluding hydrogens is 771 g/mol. The van der Waals surface area contributed by atoms with Gasteiger partial charge in [-0.25, -0.2) is 4.79 Å². The average Bonchev–Trinajstić information content (AvgIpc) is 3.28. The molecule has 7 rings (SSSR count). The van der Waals surface area contributed by atoms with E-state index in [0.29, 0.717) is 30.3 Å². The first-order chi connectivity index (χ1) is 30.0. The third-order valence-electron chi connectivity index (χ3n) is 10.8. The normalized spacial score (nSPS) is 11.4. The molecule has 0 aliphatic carbocycles. The zero-order chi connectivity index (χ0) is 43.6. The lowest BCUT2D eigenvalue weighted by molar-refractivity contribution is -0.134. The molecule has 0 fully saturated rings. The van der Waals surface area contributed by atoms with Crippen molar-refractivity contribution in [2.45, 2.75) is 53.4 Å². The Morgan fingerprint density at radius 2 is 0.887 bits per heavy atom. The first-order valence-corrected chi connectivity index (χ1v) is 20.9. The molecule has 0 atom stereocenters. The SMILES string of the molecule is CCOc1ccc(/C(=C\c2ccc(N(c3ccc(C)cc3)c3ccc(C)cc3)cc2)c2ccc(OC(=O)Oc3ccc(C(C)(C)c4ccc(OC(=O)CC)cc4)cc3)cc2)cc1. The maximum Gasteiger partial charge on any atom is 0.519 e. The van der Waals surface area contributed by atoms with Gasteiger partial charge >= 0.3 is 12.1 Å². The van der Waals surface area contributed by atoms with E-state index in [2.05, 4.69) is 124 Å². The van der Waals surface area contributed by atoms with E-state index >= 15 is 0 Å². The Labute approximate surface area is 364 Å². The Kier molecular flexibility index (Phi) is 13.3. The Morgan fingerprint density at radius 1 is 0.500 bits per heavy atom. The quantitative estimate of drug-likeness (QED) is 0.0468. The number of rotatable bonds is 14. The molecule has 0 amide bonds. The fraction of sp³-hybridized carbons (Fsp3) is 0.164. The summed E-state index contributed by atoms with van der Waals surface area (Å²) < 4.78 is 22.3. The van der Waals surface area contributed by atoms with Crippen molar-refractivity contribution >= 4 is 40.8 Å². The maximum absolute atomic E-state index is 13.0. The number of ether oxygens (including phenoxy) is 4. The van der Waals surface area contributed by atoms with Gasteiger partial charge in [0.15, 0.2) is 0 Å². The van der Waals surface area contributed by atoms with Gasteiger partial charge in [-0.15, -0.1) is 0 Å². The van der Waals surface area contributed by atoms with E-state index in [-0.39, 0.29) is 11.4 Å². The maximum atomic E-state index is 13.0. The number of carbonyl (C=O) groups excluding carboxylic acids is 2. The molecule has 0 saturated carbocycles. The summed E-state index contributed by atoms with van der Waals surface area (Å²) >= 11 is 0. The van der Waals surface area contributed by atoms with Crippen LogP contribution in [0, 0.1) is 13.8 Å². The number of benzene rings is 7. The minimum absolute atomic E-state index is 0.274. The molecule has 0 unspecified atom stereocenters. The third kappa shape index (κ3) is 10.5. The summed E-state index contributed by atoms with van der Waals surface area (Å²) in [7, 11) is 0. The van der Waals surface area contributed by atoms with Crippen LogP contribution in [0.1, 0.15) is 73.1 Å². The minimum atomic E-state index is -0.838. The molecule has 0 radical (unpaired) electrons. The number of nitrogens with zero attached hydrogens (tertiary/aromatic N) is 1. The van der Waals surface area contributed by atoms with Gasteiger partial charge in [0.25, 0.3) is 0 Å². The average molecular weight is 822 g/mol. The zero-order valence-electron chi connectivity index (χ0n) is 36.1. The molecule has 0 aromatic heterocycles. The summed E-state index contributed by atoms with van der Waals surface area (Å²) in [5.74, 6) is 1.76. The first-order valence-electron chi connectivity index (χ1n) is 20.9. The molecule has 7 aromatic rings. The molecule has 0 aliphatic rings. The largest absolute Gasteiger partial charge is 0.519 e. The van der Waals surface area contributed by atoms with Crippen LogP contribution in [0.4, 0.5) is 21.9 Å². The van der Waals surface area contributed by atoms with Crippen molar-refractivity contribution in [3.8, 4) is 23.0 Å². The van der Waals surface area contributed by atoms with Crippen molar-refractivity contribution in [3.63, 3.8) is 0 Å². The molecule has 0 aliphatic heterocycles. The Balaban J connectivity index is 1.07. The highest BCUT2D eigenvalue weighted by Gasteiger charge is 2.24. The highest BCUT2D eigenvalue weighted by atomic mass is 16.7. The van der Waals surface area contributed by atoms with Crippen molar-refractivity contribution < 1.29 is 28.5 Å². The summed E-state index contributed by atoms with van der Waals surface area (Å²) in [5, 5.41) is 0. The second kappa shape index (κ2) is 19.3. The van der Waals surface area contributed by atoms with Crippen molar-refractivity contribution in [2.24, 2.45) is 0 Å². The van der Waals surface area contributed by atoms with Crippen molar-refractivity contribution in [3.05, 3.63) is 209 Å². The fourth-order valence-corrected chi connectivity index (χ4v) is 7.12. The second-order valence-electron chi connectivity index (χ2n) is 15.6. The predicted octanol–water partition coefficient (Wildman–Crippen LogP) is 14.0. The van der Waals surface area contributed by atoms with E-state index in [1.54, 1.807) is 43.3 Å². The number of esters is 1. The number of hydrogen-bond acceptors (Lipinski definition) is 7. The van der Waals surface area contributed by atoms with Crippen LogP contribution in [-0.2, 0) is 10.2 Å². The van der Waals surface area contributed by atoms with E-state index in [1.807, 2.05) is 55.5 Å². The fourth-order valence-electron chi connectivity index (χ4n) is 7.12. The Morgan fingerprint density at radius 3 is 1.31 bits per heavy atom. The molecule has 312 valence electrons. The zero-order valence-corrected chi connectivity index (χ0v) is 36.1. The van der Waals surface area contributed by atoms with Crippen LogP contribution in [0.5, 0.6) is 23.0 Å². The highest BCUT2D eigenvalue weighted by Crippen LogP contribution is 2.37. The van der Waals surface area contributed by atoms with Gasteiger partial charge in [0, 0.05) is 28.9 Å². The van der Waals surface area contributed by atoms with Crippen LogP contribution in [0.3, 0.4) is 0 Å². The monoisotopic (exact) mass is 821 g/mol. The van der Waals surface area contributed by atoms with Gasteiger partial charge in [-0.1, -0.05) is 117 Å². The summed E-state index contributed by atoms with van der Waals surface area (Å²) in [6, 6.07) is 56.0. The summed E-state index contributed by atoms with van der Waals surface area (Å²) in [5.41, 5.74) is 11.3. The van der Waals surface area contributed by atoms with Gasteiger partial charge in [0.05, 0.1) is 6.61 Å². The van der Waals surface area contributed by atoms with Crippen LogP contribution in [0.25, 0.3) is 11.6 Å². The molecule has 0 bridgehead atoms. The van der Waals surface area contributed by atoms with Crippen molar-refractivity contribution in [1.82, 2.24) is 0 Å². The number of hydrogen-bond donors (Lipinski definition) is 0.